The van der Waals surface area contributed by atoms with E-state index in [9.17, 15) is 14.4 Å². The largest absolute Gasteiger partial charge is 0.372 e. The second kappa shape index (κ2) is 7.25. The number of nitrogens with zero attached hydrogens (tertiary/aromatic N) is 3. The quantitative estimate of drug-likeness (QED) is 0.507. The molecule has 6 rings (SSSR count). The topological polar surface area (TPSA) is 127 Å². The van der Waals surface area contributed by atoms with E-state index >= 15 is 0 Å². The van der Waals surface area contributed by atoms with E-state index in [1.165, 1.54) is 0 Å². The van der Waals surface area contributed by atoms with Gasteiger partial charge in [-0.05, 0) is 44.0 Å². The van der Waals surface area contributed by atoms with Crippen LogP contribution in [0.2, 0.25) is 5.02 Å². The first-order valence-electron chi connectivity index (χ1n) is 10.9. The van der Waals surface area contributed by atoms with Crippen molar-refractivity contribution in [2.45, 2.75) is 38.5 Å². The summed E-state index contributed by atoms with van der Waals surface area (Å²) in [5, 5.41) is 9.80. The van der Waals surface area contributed by atoms with Crippen molar-refractivity contribution < 1.29 is 23.6 Å². The van der Waals surface area contributed by atoms with Gasteiger partial charge in [0.2, 0.25) is 11.8 Å². The molecule has 5 heterocycles. The van der Waals surface area contributed by atoms with Crippen LogP contribution in [0.25, 0.3) is 22.2 Å². The van der Waals surface area contributed by atoms with Crippen LogP contribution in [0.4, 0.5) is 10.5 Å². The van der Waals surface area contributed by atoms with E-state index in [1.54, 1.807) is 18.5 Å². The number of anilines is 1. The molecule has 4 amide bonds. The number of rotatable bonds is 1. The third-order valence-corrected chi connectivity index (χ3v) is 7.25. The fraction of sp³-hybridized carbons (Fsp3) is 0.348. The van der Waals surface area contributed by atoms with Gasteiger partial charge in [0.25, 0.3) is 0 Å². The van der Waals surface area contributed by atoms with Gasteiger partial charge in [-0.3, -0.25) is 25.2 Å². The molecule has 0 bridgehead atoms. The van der Waals surface area contributed by atoms with Crippen molar-refractivity contribution in [2.75, 3.05) is 11.4 Å². The summed E-state index contributed by atoms with van der Waals surface area (Å²) in [4.78, 5) is 44.6. The van der Waals surface area contributed by atoms with E-state index in [2.05, 4.69) is 20.8 Å². The van der Waals surface area contributed by atoms with E-state index < -0.39 is 35.4 Å². The van der Waals surface area contributed by atoms with Gasteiger partial charge in [-0.1, -0.05) is 16.8 Å². The number of morpholine rings is 1. The highest BCUT2D eigenvalue weighted by atomic mass is 35.5. The second-order valence-electron chi connectivity index (χ2n) is 8.98. The standard InChI is InChI=1S/C23H20ClN5O5/c1-10-9-29-17-13(6-14-16(12-4-3-5-25-8-12)28-34-18(14)15(17)24)7-23(19(29)11(2)33-10)20(30)26-22(32)27-21(23)31/h3-6,8,10-11,19H,7,9H2,1-2H3,(H2,26,27,30,31,32)/t10-,11+,19-/m1/s1. The Bertz CT molecular complexity index is 1350. The fourth-order valence-corrected chi connectivity index (χ4v) is 6.03. The molecule has 2 aromatic heterocycles. The molecule has 1 spiro atoms. The molecule has 0 unspecified atom stereocenters. The number of urea groups is 1. The van der Waals surface area contributed by atoms with Gasteiger partial charge in [-0.15, -0.1) is 0 Å². The predicted octanol–water partition coefficient (Wildman–Crippen LogP) is 2.43. The van der Waals surface area contributed by atoms with Crippen LogP contribution in [0.1, 0.15) is 19.4 Å². The lowest BCUT2D eigenvalue weighted by Gasteiger charge is -2.55. The van der Waals surface area contributed by atoms with Gasteiger partial charge in [-0.25, -0.2) is 4.79 Å². The van der Waals surface area contributed by atoms with Crippen LogP contribution < -0.4 is 15.5 Å². The van der Waals surface area contributed by atoms with Crippen molar-refractivity contribution in [1.29, 1.82) is 0 Å². The van der Waals surface area contributed by atoms with E-state index in [0.717, 1.165) is 5.56 Å². The summed E-state index contributed by atoms with van der Waals surface area (Å²) in [5.41, 5.74) is 1.49. The highest BCUT2D eigenvalue weighted by Gasteiger charge is 2.63. The van der Waals surface area contributed by atoms with Crippen molar-refractivity contribution in [3.05, 3.63) is 41.2 Å². The Balaban J connectivity index is 1.61. The van der Waals surface area contributed by atoms with Crippen LogP contribution in [-0.2, 0) is 20.7 Å². The highest BCUT2D eigenvalue weighted by Crippen LogP contribution is 2.51. The average molecular weight is 482 g/mol. The molecule has 1 aromatic carbocycles. The third-order valence-electron chi connectivity index (χ3n) is 6.90. The van der Waals surface area contributed by atoms with Crippen LogP contribution in [0.3, 0.4) is 0 Å². The molecule has 3 atom stereocenters. The summed E-state index contributed by atoms with van der Waals surface area (Å²) < 4.78 is 11.7. The van der Waals surface area contributed by atoms with Gasteiger partial charge in [0.15, 0.2) is 11.0 Å². The minimum absolute atomic E-state index is 0.0316. The summed E-state index contributed by atoms with van der Waals surface area (Å²) in [6.45, 7) is 4.13. The van der Waals surface area contributed by atoms with Crippen LogP contribution in [-0.4, -0.2) is 52.8 Å². The van der Waals surface area contributed by atoms with E-state index in [4.69, 9.17) is 20.9 Å². The average Bonchev–Trinajstić information content (AvgIpc) is 3.21. The molecule has 3 aliphatic heterocycles. The van der Waals surface area contributed by atoms with Gasteiger partial charge in [0, 0.05) is 24.5 Å². The maximum absolute atomic E-state index is 13.3. The highest BCUT2D eigenvalue weighted by molar-refractivity contribution is 6.38. The van der Waals surface area contributed by atoms with Crippen molar-refractivity contribution in [3.63, 3.8) is 0 Å². The molecule has 34 heavy (non-hydrogen) atoms. The number of hydrogen-bond acceptors (Lipinski definition) is 8. The predicted molar refractivity (Wildman–Crippen MR) is 121 cm³/mol. The van der Waals surface area contributed by atoms with Crippen molar-refractivity contribution in [1.82, 2.24) is 20.8 Å². The Labute approximate surface area is 198 Å². The Kier molecular flexibility index (Phi) is 4.49. The Morgan fingerprint density at radius 1 is 1.21 bits per heavy atom. The molecule has 3 aromatic rings. The van der Waals surface area contributed by atoms with Gasteiger partial charge < -0.3 is 14.2 Å². The SMILES string of the molecule is C[C@@H]1CN2c3c(cc4c(-c5cccnc5)noc4c3Cl)CC3(C(=O)NC(=O)NC3=O)[C@H]2[C@H](C)O1. The first kappa shape index (κ1) is 21.1. The molecular weight excluding hydrogens is 462 g/mol. The molecule has 0 radical (unpaired) electrons. The number of imide groups is 2. The zero-order valence-electron chi connectivity index (χ0n) is 18.3. The molecular formula is C23H20ClN5O5. The van der Waals surface area contributed by atoms with Crippen LogP contribution >= 0.6 is 11.6 Å². The third kappa shape index (κ3) is 2.75. The lowest BCUT2D eigenvalue weighted by molar-refractivity contribution is -0.153. The number of carbonyl (C=O) groups excluding carboxylic acids is 3. The van der Waals surface area contributed by atoms with Gasteiger partial charge in [-0.2, -0.15) is 0 Å². The summed E-state index contributed by atoms with van der Waals surface area (Å²) in [7, 11) is 0. The number of amides is 4. The summed E-state index contributed by atoms with van der Waals surface area (Å²) in [6.07, 6.45) is 2.68. The number of barbiturate groups is 1. The van der Waals surface area contributed by atoms with Crippen molar-refractivity contribution in [3.8, 4) is 11.3 Å². The normalized spacial score (nSPS) is 25.7. The number of carbonyl (C=O) groups is 3. The first-order valence-corrected chi connectivity index (χ1v) is 11.3. The maximum Gasteiger partial charge on any atom is 0.328 e. The smallest absolute Gasteiger partial charge is 0.328 e. The van der Waals surface area contributed by atoms with Gasteiger partial charge in [0.05, 0.1) is 29.3 Å². The fourth-order valence-electron chi connectivity index (χ4n) is 5.66. The number of pyridine rings is 1. The maximum atomic E-state index is 13.3. The molecule has 0 aliphatic carbocycles. The zero-order valence-corrected chi connectivity index (χ0v) is 19.0. The molecule has 0 saturated carbocycles. The number of benzene rings is 1. The molecule has 2 saturated heterocycles. The summed E-state index contributed by atoms with van der Waals surface area (Å²) >= 11 is 6.91. The van der Waals surface area contributed by atoms with Crippen molar-refractivity contribution >= 4 is 46.1 Å². The minimum Gasteiger partial charge on any atom is -0.372 e. The molecule has 2 fully saturated rings. The molecule has 2 N–H and O–H groups in total. The van der Waals surface area contributed by atoms with E-state index in [1.807, 2.05) is 30.9 Å². The Morgan fingerprint density at radius 3 is 2.68 bits per heavy atom. The van der Waals surface area contributed by atoms with Crippen molar-refractivity contribution in [2.24, 2.45) is 5.41 Å². The number of hydrogen-bond donors (Lipinski definition) is 2. The number of ether oxygens (including phenoxy) is 1. The molecule has 11 heteroatoms. The van der Waals surface area contributed by atoms with Gasteiger partial charge >= 0.3 is 6.03 Å². The lowest BCUT2D eigenvalue weighted by atomic mass is 9.66. The second-order valence-corrected chi connectivity index (χ2v) is 9.36. The molecule has 3 aliphatic rings. The van der Waals surface area contributed by atoms with E-state index in [0.29, 0.717) is 39.5 Å². The van der Waals surface area contributed by atoms with Crippen LogP contribution in [0.15, 0.2) is 35.1 Å². The summed E-state index contributed by atoms with van der Waals surface area (Å²) in [5.74, 6) is -1.30. The molecule has 10 nitrogen and oxygen atoms in total. The number of nitrogens with one attached hydrogen (secondary N) is 2. The first-order chi connectivity index (χ1) is 16.3. The Hall–Kier alpha value is -3.50. The van der Waals surface area contributed by atoms with Crippen LogP contribution in [0, 0.1) is 5.41 Å². The molecule has 174 valence electrons. The number of halogens is 1. The zero-order chi connectivity index (χ0) is 23.8. The van der Waals surface area contributed by atoms with Crippen LogP contribution in [0.5, 0.6) is 0 Å². The van der Waals surface area contributed by atoms with E-state index in [-0.39, 0.29) is 12.5 Å². The summed E-state index contributed by atoms with van der Waals surface area (Å²) in [6, 6.07) is 3.99. The minimum atomic E-state index is -1.58. The van der Waals surface area contributed by atoms with Gasteiger partial charge in [0.1, 0.15) is 10.7 Å². The number of fused-ring (bicyclic) bond motifs is 5. The Morgan fingerprint density at radius 2 is 1.97 bits per heavy atom. The number of aromatic nitrogens is 2. The monoisotopic (exact) mass is 481 g/mol. The lowest BCUT2D eigenvalue weighted by Crippen LogP contribution is -2.75.